The van der Waals surface area contributed by atoms with Gasteiger partial charge >= 0.3 is 0 Å². The second kappa shape index (κ2) is 9.44. The van der Waals surface area contributed by atoms with Crippen molar-refractivity contribution < 1.29 is 14.0 Å². The first-order chi connectivity index (χ1) is 16.4. The SMILES string of the molecule is CC(C)c1ccc(CNC(=O)C2CCC3C(=O)NC4C(c5cccc(F)c5)NNN4C3C2)cc1. The lowest BCUT2D eigenvalue weighted by Crippen LogP contribution is -2.65. The van der Waals surface area contributed by atoms with E-state index in [0.717, 1.165) is 11.1 Å². The molecule has 2 heterocycles. The van der Waals surface area contributed by atoms with Gasteiger partial charge in [0.25, 0.3) is 0 Å². The second-order valence-corrected chi connectivity index (χ2v) is 9.95. The molecule has 7 nitrogen and oxygen atoms in total. The van der Waals surface area contributed by atoms with Crippen molar-refractivity contribution in [2.45, 2.75) is 63.8 Å². The van der Waals surface area contributed by atoms with E-state index in [-0.39, 0.29) is 47.7 Å². The number of nitrogens with one attached hydrogen (secondary N) is 4. The van der Waals surface area contributed by atoms with Gasteiger partial charge < -0.3 is 10.6 Å². The highest BCUT2D eigenvalue weighted by Crippen LogP contribution is 2.38. The fraction of sp³-hybridized carbons (Fsp3) is 0.462. The lowest BCUT2D eigenvalue weighted by molar-refractivity contribution is -0.143. The van der Waals surface area contributed by atoms with E-state index in [1.54, 1.807) is 6.07 Å². The maximum absolute atomic E-state index is 13.8. The zero-order chi connectivity index (χ0) is 23.8. The van der Waals surface area contributed by atoms with E-state index in [2.05, 4.69) is 59.7 Å². The molecular weight excluding hydrogens is 433 g/mol. The normalized spacial score (nSPS) is 28.8. The van der Waals surface area contributed by atoms with Crippen LogP contribution in [0.4, 0.5) is 4.39 Å². The minimum Gasteiger partial charge on any atom is -0.352 e. The third kappa shape index (κ3) is 4.45. The summed E-state index contributed by atoms with van der Waals surface area (Å²) in [5, 5.41) is 8.18. The number of benzene rings is 2. The molecule has 8 heteroatoms. The summed E-state index contributed by atoms with van der Waals surface area (Å²) < 4.78 is 13.8. The van der Waals surface area contributed by atoms with Crippen molar-refractivity contribution in [3.05, 3.63) is 71.0 Å². The second-order valence-electron chi connectivity index (χ2n) is 9.95. The highest BCUT2D eigenvalue weighted by molar-refractivity contribution is 5.83. The van der Waals surface area contributed by atoms with Gasteiger partial charge in [-0.15, -0.1) is 0 Å². The van der Waals surface area contributed by atoms with Crippen LogP contribution in [0.5, 0.6) is 0 Å². The molecule has 5 atom stereocenters. The lowest BCUT2D eigenvalue weighted by atomic mass is 9.75. The topological polar surface area (TPSA) is 85.5 Å². The molecule has 2 aromatic rings. The van der Waals surface area contributed by atoms with E-state index < -0.39 is 0 Å². The van der Waals surface area contributed by atoms with Crippen molar-refractivity contribution in [3.8, 4) is 0 Å². The molecule has 1 aliphatic carbocycles. The molecule has 2 aromatic carbocycles. The Kier molecular flexibility index (Phi) is 6.38. The Bertz CT molecular complexity index is 1060. The molecule has 3 fully saturated rings. The van der Waals surface area contributed by atoms with E-state index in [0.29, 0.717) is 31.7 Å². The zero-order valence-corrected chi connectivity index (χ0v) is 19.6. The molecule has 5 unspecified atom stereocenters. The Morgan fingerprint density at radius 2 is 1.97 bits per heavy atom. The Labute approximate surface area is 199 Å². The Balaban J connectivity index is 1.24. The molecule has 0 radical (unpaired) electrons. The predicted molar refractivity (Wildman–Crippen MR) is 126 cm³/mol. The maximum atomic E-state index is 13.8. The average molecular weight is 466 g/mol. The number of carbonyl (C=O) groups is 2. The minimum atomic E-state index is -0.350. The Morgan fingerprint density at radius 3 is 2.71 bits per heavy atom. The number of hydrogen-bond acceptors (Lipinski definition) is 5. The van der Waals surface area contributed by atoms with Crippen LogP contribution in [0.15, 0.2) is 48.5 Å². The zero-order valence-electron chi connectivity index (χ0n) is 19.6. The number of hydrazine groups is 2. The molecule has 2 saturated heterocycles. The molecule has 34 heavy (non-hydrogen) atoms. The predicted octanol–water partition coefficient (Wildman–Crippen LogP) is 2.87. The summed E-state index contributed by atoms with van der Waals surface area (Å²) in [7, 11) is 0. The number of nitrogens with zero attached hydrogens (tertiary/aromatic N) is 1. The fourth-order valence-electron chi connectivity index (χ4n) is 5.47. The van der Waals surface area contributed by atoms with E-state index in [1.807, 2.05) is 11.1 Å². The monoisotopic (exact) mass is 465 g/mol. The van der Waals surface area contributed by atoms with Crippen LogP contribution in [0.2, 0.25) is 0 Å². The molecule has 0 bridgehead atoms. The van der Waals surface area contributed by atoms with Gasteiger partial charge in [-0.3, -0.25) is 9.59 Å². The van der Waals surface area contributed by atoms with Gasteiger partial charge in [-0.25, -0.2) is 14.8 Å². The summed E-state index contributed by atoms with van der Waals surface area (Å²) in [4.78, 5) is 25.9. The van der Waals surface area contributed by atoms with Gasteiger partial charge in [0.1, 0.15) is 12.0 Å². The number of carbonyl (C=O) groups excluding carboxylic acids is 2. The van der Waals surface area contributed by atoms with Gasteiger partial charge in [0.15, 0.2) is 0 Å². The average Bonchev–Trinajstić information content (AvgIpc) is 3.26. The summed E-state index contributed by atoms with van der Waals surface area (Å²) in [5.74, 6) is -0.136. The number of fused-ring (bicyclic) bond motifs is 3. The van der Waals surface area contributed by atoms with Gasteiger partial charge in [-0.2, -0.15) is 5.53 Å². The fourth-order valence-corrected chi connectivity index (χ4v) is 5.47. The van der Waals surface area contributed by atoms with Crippen LogP contribution >= 0.6 is 0 Å². The lowest BCUT2D eigenvalue weighted by Gasteiger charge is -2.46. The molecule has 0 aromatic heterocycles. The van der Waals surface area contributed by atoms with E-state index >= 15 is 0 Å². The van der Waals surface area contributed by atoms with E-state index in [1.165, 1.54) is 17.7 Å². The van der Waals surface area contributed by atoms with Crippen LogP contribution in [0, 0.1) is 17.7 Å². The van der Waals surface area contributed by atoms with Crippen molar-refractivity contribution >= 4 is 11.8 Å². The number of rotatable bonds is 5. The van der Waals surface area contributed by atoms with Crippen molar-refractivity contribution in [2.75, 3.05) is 0 Å². The standard InChI is InChI=1S/C26H32FN5O2/c1-15(2)17-8-6-16(7-9-17)14-28-25(33)19-10-11-21-22(13-19)32-24(29-26(21)34)23(30-31-32)18-4-3-5-20(27)12-18/h3-9,12,15,19,21-24,30-31H,10-11,13-14H2,1-2H3,(H,28,33)(H,29,34). The van der Waals surface area contributed by atoms with Gasteiger partial charge in [-0.05, 0) is 54.0 Å². The van der Waals surface area contributed by atoms with Gasteiger partial charge in [0, 0.05) is 18.5 Å². The van der Waals surface area contributed by atoms with Crippen molar-refractivity contribution in [2.24, 2.45) is 11.8 Å². The van der Waals surface area contributed by atoms with Gasteiger partial charge in [0.2, 0.25) is 11.8 Å². The van der Waals surface area contributed by atoms with Crippen LogP contribution in [-0.2, 0) is 16.1 Å². The first-order valence-electron chi connectivity index (χ1n) is 12.1. The molecule has 3 aliphatic rings. The molecule has 180 valence electrons. The molecule has 2 aliphatic heterocycles. The quantitative estimate of drug-likeness (QED) is 0.546. The first-order valence-corrected chi connectivity index (χ1v) is 12.1. The van der Waals surface area contributed by atoms with Crippen molar-refractivity contribution in [3.63, 3.8) is 0 Å². The smallest absolute Gasteiger partial charge is 0.226 e. The minimum absolute atomic E-state index is 0.00209. The van der Waals surface area contributed by atoms with Crippen LogP contribution in [-0.4, -0.2) is 29.0 Å². The van der Waals surface area contributed by atoms with Gasteiger partial charge in [-0.1, -0.05) is 50.2 Å². The molecular formula is C26H32FN5O2. The summed E-state index contributed by atoms with van der Waals surface area (Å²) >= 11 is 0. The molecule has 0 spiro atoms. The maximum Gasteiger partial charge on any atom is 0.226 e. The first kappa shape index (κ1) is 23.0. The van der Waals surface area contributed by atoms with Crippen LogP contribution in [0.25, 0.3) is 0 Å². The largest absolute Gasteiger partial charge is 0.352 e. The van der Waals surface area contributed by atoms with Crippen LogP contribution in [0.3, 0.4) is 0 Å². The third-order valence-electron chi connectivity index (χ3n) is 7.46. The molecule has 5 rings (SSSR count). The summed E-state index contributed by atoms with van der Waals surface area (Å²) in [6.45, 7) is 4.82. The van der Waals surface area contributed by atoms with Crippen LogP contribution < -0.4 is 21.6 Å². The van der Waals surface area contributed by atoms with Crippen molar-refractivity contribution in [1.82, 2.24) is 26.6 Å². The van der Waals surface area contributed by atoms with E-state index in [4.69, 9.17) is 0 Å². The summed E-state index contributed by atoms with van der Waals surface area (Å²) in [6.07, 6.45) is 1.59. The molecule has 1 saturated carbocycles. The number of hydrogen-bond donors (Lipinski definition) is 4. The number of amides is 2. The van der Waals surface area contributed by atoms with E-state index in [9.17, 15) is 14.0 Å². The highest BCUT2D eigenvalue weighted by Gasteiger charge is 2.51. The Hall–Kier alpha value is -2.81. The molecule has 2 amide bonds. The van der Waals surface area contributed by atoms with Crippen LogP contribution in [0.1, 0.15) is 61.8 Å². The molecule has 4 N–H and O–H groups in total. The number of halogens is 1. The van der Waals surface area contributed by atoms with Gasteiger partial charge in [0.05, 0.1) is 12.0 Å². The highest BCUT2D eigenvalue weighted by atomic mass is 19.1. The Morgan fingerprint density at radius 1 is 1.18 bits per heavy atom. The van der Waals surface area contributed by atoms with Crippen molar-refractivity contribution in [1.29, 1.82) is 0 Å². The summed E-state index contributed by atoms with van der Waals surface area (Å²) in [6, 6.07) is 14.3. The summed E-state index contributed by atoms with van der Waals surface area (Å²) in [5.41, 5.74) is 9.50. The third-order valence-corrected chi connectivity index (χ3v) is 7.46.